The summed E-state index contributed by atoms with van der Waals surface area (Å²) in [4.78, 5) is 0. The molecule has 0 aliphatic carbocycles. The predicted molar refractivity (Wildman–Crippen MR) is 69.2 cm³/mol. The average Bonchev–Trinajstić information content (AvgIpc) is 2.24. The van der Waals surface area contributed by atoms with Gasteiger partial charge in [0.2, 0.25) is 0 Å². The van der Waals surface area contributed by atoms with Gasteiger partial charge in [0.15, 0.2) is 11.6 Å². The molecule has 0 radical (unpaired) electrons. The summed E-state index contributed by atoms with van der Waals surface area (Å²) in [5, 5.41) is 21.7. The fraction of sp³-hybridized carbons (Fsp3) is 0.750. The minimum atomic E-state index is -1.70. The number of azo groups is 1. The fourth-order valence-electron chi connectivity index (χ4n) is 0.845. The first-order chi connectivity index (χ1) is 7.92. The molecule has 14 N–H and O–H groups in total. The second kappa shape index (κ2) is 5.35. The summed E-state index contributed by atoms with van der Waals surface area (Å²) in [5.74, 6) is -5.37. The van der Waals surface area contributed by atoms with E-state index in [2.05, 4.69) is 10.2 Å². The third-order valence-electron chi connectivity index (χ3n) is 2.72. The van der Waals surface area contributed by atoms with Crippen LogP contribution in [0.2, 0.25) is 0 Å². The third-order valence-corrected chi connectivity index (χ3v) is 2.72. The van der Waals surface area contributed by atoms with E-state index >= 15 is 0 Å². The predicted octanol–water partition coefficient (Wildman–Crippen LogP) is -2.27. The molecule has 0 aliphatic rings. The summed E-state index contributed by atoms with van der Waals surface area (Å²) in [5.41, 5.74) is 33.1. The number of nitrogens with zero attached hydrogens (tertiary/aromatic N) is 2. The van der Waals surface area contributed by atoms with E-state index in [1.807, 2.05) is 0 Å². The second-order valence-corrected chi connectivity index (χ2v) is 4.33. The van der Waals surface area contributed by atoms with Crippen molar-refractivity contribution in [2.75, 3.05) is 0 Å². The molecule has 0 saturated carbocycles. The summed E-state index contributed by atoms with van der Waals surface area (Å²) in [7, 11) is 0. The Morgan fingerprint density at radius 3 is 1.22 bits per heavy atom. The first-order valence-corrected chi connectivity index (χ1v) is 5.19. The van der Waals surface area contributed by atoms with Gasteiger partial charge in [-0.25, -0.2) is 0 Å². The van der Waals surface area contributed by atoms with Crippen molar-refractivity contribution in [3.8, 4) is 0 Å². The molecule has 2 atom stereocenters. The van der Waals surface area contributed by atoms with Crippen LogP contribution in [-0.2, 0) is 0 Å². The highest BCUT2D eigenvalue weighted by Gasteiger charge is 2.34. The fourth-order valence-corrected chi connectivity index (χ4v) is 0.845. The molecule has 0 fully saturated rings. The van der Waals surface area contributed by atoms with Gasteiger partial charge in [-0.15, -0.1) is 0 Å². The van der Waals surface area contributed by atoms with Crippen LogP contribution in [0.1, 0.15) is 13.8 Å². The summed E-state index contributed by atoms with van der Waals surface area (Å²) in [6.45, 7) is 3.04. The van der Waals surface area contributed by atoms with E-state index in [0.29, 0.717) is 0 Å². The largest absolute Gasteiger partial charge is 0.387 e. The Morgan fingerprint density at radius 2 is 1.06 bits per heavy atom. The molecular weight excluding hydrogens is 236 g/mol. The first kappa shape index (κ1) is 16.4. The van der Waals surface area contributed by atoms with Gasteiger partial charge in [0, 0.05) is 0 Å². The van der Waals surface area contributed by atoms with Gasteiger partial charge in [-0.3, -0.25) is 33.8 Å². The molecule has 18 heavy (non-hydrogen) atoms. The van der Waals surface area contributed by atoms with Crippen molar-refractivity contribution < 1.29 is 0 Å². The van der Waals surface area contributed by atoms with Crippen molar-refractivity contribution in [1.29, 1.82) is 10.8 Å². The van der Waals surface area contributed by atoms with E-state index in [1.54, 1.807) is 0 Å². The average molecular weight is 258 g/mol. The van der Waals surface area contributed by atoms with Gasteiger partial charge in [0.1, 0.15) is 0 Å². The molecule has 10 heteroatoms. The monoisotopic (exact) mass is 258 g/mol. The zero-order chi connectivity index (χ0) is 14.7. The second-order valence-electron chi connectivity index (χ2n) is 4.33. The smallest absolute Gasteiger partial charge is 0.189 e. The zero-order valence-corrected chi connectivity index (χ0v) is 10.5. The van der Waals surface area contributed by atoms with E-state index in [1.165, 1.54) is 13.8 Å². The van der Waals surface area contributed by atoms with Crippen LogP contribution in [-0.4, -0.2) is 23.2 Å². The van der Waals surface area contributed by atoms with Gasteiger partial charge in [-0.1, -0.05) is 13.8 Å². The molecule has 0 amide bonds. The Bertz CT molecular complexity index is 323. The number of nitrogens with one attached hydrogen (secondary N) is 2. The van der Waals surface area contributed by atoms with Crippen LogP contribution >= 0.6 is 0 Å². The molecule has 104 valence electrons. The summed E-state index contributed by atoms with van der Waals surface area (Å²) >= 11 is 0. The van der Waals surface area contributed by atoms with E-state index in [-0.39, 0.29) is 11.7 Å². The number of hydrogen-bond acceptors (Lipinski definition) is 8. The lowest BCUT2D eigenvalue weighted by atomic mass is 10.0. The van der Waals surface area contributed by atoms with Gasteiger partial charge in [-0.2, -0.15) is 10.2 Å². The Morgan fingerprint density at radius 1 is 0.833 bits per heavy atom. The lowest BCUT2D eigenvalue weighted by Crippen LogP contribution is -2.59. The number of hydrogen-bond donors (Lipinski definition) is 8. The summed E-state index contributed by atoms with van der Waals surface area (Å²) in [6, 6.07) is 0. The molecular formula is C8H22N10. The molecule has 0 bridgehead atoms. The molecule has 0 aromatic rings. The summed E-state index contributed by atoms with van der Waals surface area (Å²) < 4.78 is 0. The highest BCUT2D eigenvalue weighted by Crippen LogP contribution is 2.15. The quantitative estimate of drug-likeness (QED) is 0.113. The van der Waals surface area contributed by atoms with Gasteiger partial charge < -0.3 is 11.5 Å². The van der Waals surface area contributed by atoms with Gasteiger partial charge >= 0.3 is 0 Å². The van der Waals surface area contributed by atoms with E-state index in [4.69, 9.17) is 45.2 Å². The highest BCUT2D eigenvalue weighted by atomic mass is 15.4. The van der Waals surface area contributed by atoms with Crippen molar-refractivity contribution in [1.82, 2.24) is 0 Å². The van der Waals surface area contributed by atoms with Crippen molar-refractivity contribution in [2.45, 2.75) is 25.4 Å². The number of rotatable bonds is 6. The molecule has 0 aromatic heterocycles. The maximum absolute atomic E-state index is 7.24. The molecule has 0 saturated heterocycles. The SMILES string of the molecule is CC(C(=N)N)C(N)(N)N=NC(N)(N)C(C)C(=N)N. The Balaban J connectivity index is 5.03. The number of amidine groups is 2. The molecule has 0 heterocycles. The maximum Gasteiger partial charge on any atom is 0.189 e. The van der Waals surface area contributed by atoms with Crippen LogP contribution in [0.5, 0.6) is 0 Å². The standard InChI is InChI=1S/C8H22N10/c1-3(5(9)10)7(13,14)17-18-8(15,16)4(2)6(11)12/h3-4H,13-16H2,1-2H3,(H3,9,10)(H3,11,12). The molecule has 2 unspecified atom stereocenters. The van der Waals surface area contributed by atoms with Crippen molar-refractivity contribution in [3.05, 3.63) is 0 Å². The molecule has 10 nitrogen and oxygen atoms in total. The van der Waals surface area contributed by atoms with Gasteiger partial charge in [-0.05, 0) is 0 Å². The third kappa shape index (κ3) is 4.00. The van der Waals surface area contributed by atoms with Crippen LogP contribution in [0.15, 0.2) is 10.2 Å². The van der Waals surface area contributed by atoms with Crippen molar-refractivity contribution in [3.63, 3.8) is 0 Å². The van der Waals surface area contributed by atoms with Crippen LogP contribution in [0, 0.1) is 22.7 Å². The number of nitrogens with two attached hydrogens (primary N) is 6. The van der Waals surface area contributed by atoms with Gasteiger partial charge in [0.25, 0.3) is 0 Å². The van der Waals surface area contributed by atoms with Crippen LogP contribution in [0.3, 0.4) is 0 Å². The topological polar surface area (TPSA) is 229 Å². The van der Waals surface area contributed by atoms with Crippen molar-refractivity contribution in [2.24, 2.45) is 56.5 Å². The Hall–Kier alpha value is -1.62. The zero-order valence-electron chi connectivity index (χ0n) is 10.5. The lowest BCUT2D eigenvalue weighted by Gasteiger charge is -2.29. The minimum absolute atomic E-state index is 0.238. The molecule has 0 rings (SSSR count). The molecule has 0 aliphatic heterocycles. The van der Waals surface area contributed by atoms with E-state index in [9.17, 15) is 0 Å². The summed E-state index contributed by atoms with van der Waals surface area (Å²) in [6.07, 6.45) is 0. The van der Waals surface area contributed by atoms with E-state index < -0.39 is 23.4 Å². The van der Waals surface area contributed by atoms with Crippen LogP contribution in [0.4, 0.5) is 0 Å². The first-order valence-electron chi connectivity index (χ1n) is 5.19. The minimum Gasteiger partial charge on any atom is -0.387 e. The van der Waals surface area contributed by atoms with Crippen LogP contribution < -0.4 is 34.4 Å². The Labute approximate surface area is 105 Å². The van der Waals surface area contributed by atoms with Crippen LogP contribution in [0.25, 0.3) is 0 Å². The normalized spacial score (nSPS) is 16.6. The van der Waals surface area contributed by atoms with Crippen molar-refractivity contribution >= 4 is 11.7 Å². The lowest BCUT2D eigenvalue weighted by molar-refractivity contribution is 0.303. The maximum atomic E-state index is 7.24. The highest BCUT2D eigenvalue weighted by molar-refractivity contribution is 5.80. The van der Waals surface area contributed by atoms with E-state index in [0.717, 1.165) is 0 Å². The Kier molecular flexibility index (Phi) is 4.87. The molecule has 0 spiro atoms. The molecule has 0 aromatic carbocycles. The van der Waals surface area contributed by atoms with Gasteiger partial charge in [0.05, 0.1) is 23.5 Å².